The summed E-state index contributed by atoms with van der Waals surface area (Å²) in [5.74, 6) is -0.252. The van der Waals surface area contributed by atoms with E-state index in [0.29, 0.717) is 11.3 Å². The maximum Gasteiger partial charge on any atom is 0.312 e. The first-order chi connectivity index (χ1) is 11.4. The molecule has 0 unspecified atom stereocenters. The molecule has 0 bridgehead atoms. The van der Waals surface area contributed by atoms with Crippen LogP contribution in [0.2, 0.25) is 0 Å². The molecule has 2 rings (SSSR count). The van der Waals surface area contributed by atoms with Gasteiger partial charge in [-0.3, -0.25) is 20.2 Å². The number of rotatable bonds is 4. The van der Waals surface area contributed by atoms with E-state index in [4.69, 9.17) is 17.0 Å². The standard InChI is InChI=1S/C15H12BrN3O4S/c1-23-13-7-6-11(8-12(13)19(21)22)17-15(24)18-14(20)9-2-4-10(16)5-3-9/h2-8H,1H3,(H2,17,18,20,24). The summed E-state index contributed by atoms with van der Waals surface area (Å²) in [5.41, 5.74) is 0.594. The number of nitro benzene ring substituents is 1. The number of carbonyl (C=O) groups is 1. The molecule has 0 aliphatic rings. The van der Waals surface area contributed by atoms with Gasteiger partial charge in [0.05, 0.1) is 12.0 Å². The van der Waals surface area contributed by atoms with Crippen molar-refractivity contribution in [2.75, 3.05) is 12.4 Å². The zero-order valence-corrected chi connectivity index (χ0v) is 14.8. The van der Waals surface area contributed by atoms with E-state index in [-0.39, 0.29) is 22.5 Å². The molecule has 0 saturated heterocycles. The molecule has 0 heterocycles. The lowest BCUT2D eigenvalue weighted by Crippen LogP contribution is -2.34. The molecule has 0 aliphatic heterocycles. The second-order valence-corrected chi connectivity index (χ2v) is 5.88. The SMILES string of the molecule is COc1ccc(NC(=S)NC(=O)c2ccc(Br)cc2)cc1[N+](=O)[O-]. The van der Waals surface area contributed by atoms with Crippen molar-refractivity contribution in [3.63, 3.8) is 0 Å². The molecule has 2 aromatic rings. The summed E-state index contributed by atoms with van der Waals surface area (Å²) in [6.07, 6.45) is 0. The highest BCUT2D eigenvalue weighted by atomic mass is 79.9. The molecule has 0 aromatic heterocycles. The molecule has 0 spiro atoms. The van der Waals surface area contributed by atoms with Crippen molar-refractivity contribution in [3.8, 4) is 5.75 Å². The molecule has 0 radical (unpaired) electrons. The molecular formula is C15H12BrN3O4S. The summed E-state index contributed by atoms with van der Waals surface area (Å²) in [6.45, 7) is 0. The van der Waals surface area contributed by atoms with Gasteiger partial charge in [0, 0.05) is 21.8 Å². The first-order valence-electron chi connectivity index (χ1n) is 6.61. The number of ether oxygens (including phenoxy) is 1. The van der Waals surface area contributed by atoms with Crippen LogP contribution in [0.4, 0.5) is 11.4 Å². The van der Waals surface area contributed by atoms with Crippen LogP contribution in [-0.2, 0) is 0 Å². The third-order valence-electron chi connectivity index (χ3n) is 2.97. The molecule has 24 heavy (non-hydrogen) atoms. The Morgan fingerprint density at radius 3 is 2.50 bits per heavy atom. The number of benzene rings is 2. The van der Waals surface area contributed by atoms with E-state index in [2.05, 4.69) is 26.6 Å². The van der Waals surface area contributed by atoms with Crippen LogP contribution in [0.5, 0.6) is 5.75 Å². The third-order valence-corrected chi connectivity index (χ3v) is 3.70. The highest BCUT2D eigenvalue weighted by Crippen LogP contribution is 2.29. The predicted octanol–water partition coefficient (Wildman–Crippen LogP) is 3.49. The zero-order valence-electron chi connectivity index (χ0n) is 12.4. The summed E-state index contributed by atoms with van der Waals surface area (Å²) in [6, 6.07) is 11.0. The quantitative estimate of drug-likeness (QED) is 0.455. The molecular weight excluding hydrogens is 398 g/mol. The second-order valence-electron chi connectivity index (χ2n) is 4.56. The van der Waals surface area contributed by atoms with E-state index < -0.39 is 4.92 Å². The molecule has 0 fully saturated rings. The number of nitro groups is 1. The maximum absolute atomic E-state index is 12.1. The fourth-order valence-electron chi connectivity index (χ4n) is 1.85. The number of thiocarbonyl (C=S) groups is 1. The van der Waals surface area contributed by atoms with Crippen molar-refractivity contribution in [1.29, 1.82) is 0 Å². The summed E-state index contributed by atoms with van der Waals surface area (Å²) in [5, 5.41) is 16.3. The van der Waals surface area contributed by atoms with Gasteiger partial charge in [-0.2, -0.15) is 0 Å². The lowest BCUT2D eigenvalue weighted by atomic mass is 10.2. The summed E-state index contributed by atoms with van der Waals surface area (Å²) in [4.78, 5) is 22.5. The van der Waals surface area contributed by atoms with Crippen molar-refractivity contribution in [2.45, 2.75) is 0 Å². The molecule has 1 amide bonds. The number of hydrogen-bond acceptors (Lipinski definition) is 5. The first-order valence-corrected chi connectivity index (χ1v) is 7.81. The van der Waals surface area contributed by atoms with Gasteiger partial charge in [-0.25, -0.2) is 0 Å². The fraction of sp³-hybridized carbons (Fsp3) is 0.0667. The van der Waals surface area contributed by atoms with Crippen molar-refractivity contribution in [3.05, 3.63) is 62.6 Å². The van der Waals surface area contributed by atoms with Gasteiger partial charge in [-0.15, -0.1) is 0 Å². The monoisotopic (exact) mass is 409 g/mol. The van der Waals surface area contributed by atoms with E-state index in [1.165, 1.54) is 19.2 Å². The molecule has 2 aromatic carbocycles. The van der Waals surface area contributed by atoms with Crippen molar-refractivity contribution in [2.24, 2.45) is 0 Å². The minimum absolute atomic E-state index is 0.0300. The highest BCUT2D eigenvalue weighted by Gasteiger charge is 2.16. The Kier molecular flexibility index (Phi) is 5.83. The van der Waals surface area contributed by atoms with Crippen LogP contribution >= 0.6 is 28.1 Å². The van der Waals surface area contributed by atoms with Crippen molar-refractivity contribution < 1.29 is 14.5 Å². The minimum atomic E-state index is -0.562. The van der Waals surface area contributed by atoms with Gasteiger partial charge in [0.2, 0.25) is 0 Å². The van der Waals surface area contributed by atoms with Gasteiger partial charge in [-0.1, -0.05) is 15.9 Å². The summed E-state index contributed by atoms with van der Waals surface area (Å²) >= 11 is 8.34. The van der Waals surface area contributed by atoms with E-state index in [9.17, 15) is 14.9 Å². The first kappa shape index (κ1) is 17.8. The van der Waals surface area contributed by atoms with Crippen LogP contribution in [0.25, 0.3) is 0 Å². The van der Waals surface area contributed by atoms with E-state index >= 15 is 0 Å². The van der Waals surface area contributed by atoms with Crippen LogP contribution in [0, 0.1) is 10.1 Å². The van der Waals surface area contributed by atoms with Crippen LogP contribution < -0.4 is 15.4 Å². The van der Waals surface area contributed by atoms with E-state index in [0.717, 1.165) is 4.47 Å². The average Bonchev–Trinajstić information content (AvgIpc) is 2.55. The summed E-state index contributed by atoms with van der Waals surface area (Å²) < 4.78 is 5.77. The predicted molar refractivity (Wildman–Crippen MR) is 97.5 cm³/mol. The number of halogens is 1. The smallest absolute Gasteiger partial charge is 0.312 e. The normalized spacial score (nSPS) is 9.92. The van der Waals surface area contributed by atoms with Gasteiger partial charge in [-0.05, 0) is 48.6 Å². The number of nitrogens with zero attached hydrogens (tertiary/aromatic N) is 1. The fourth-order valence-corrected chi connectivity index (χ4v) is 2.32. The van der Waals surface area contributed by atoms with Gasteiger partial charge < -0.3 is 10.1 Å². The van der Waals surface area contributed by atoms with Crippen molar-refractivity contribution >= 4 is 50.5 Å². The largest absolute Gasteiger partial charge is 0.490 e. The third kappa shape index (κ3) is 4.49. The number of anilines is 1. The Morgan fingerprint density at radius 2 is 1.92 bits per heavy atom. The Labute approximate surface area is 151 Å². The van der Waals surface area contributed by atoms with Gasteiger partial charge in [0.15, 0.2) is 10.9 Å². The molecule has 0 saturated carbocycles. The Balaban J connectivity index is 2.07. The van der Waals surface area contributed by atoms with E-state index in [1.54, 1.807) is 30.3 Å². The maximum atomic E-state index is 12.1. The van der Waals surface area contributed by atoms with Gasteiger partial charge >= 0.3 is 5.69 Å². The number of carbonyl (C=O) groups excluding carboxylic acids is 1. The number of hydrogen-bond donors (Lipinski definition) is 2. The number of amides is 1. The van der Waals surface area contributed by atoms with Gasteiger partial charge in [0.1, 0.15) is 0 Å². The average molecular weight is 410 g/mol. The molecule has 0 atom stereocenters. The Bertz CT molecular complexity index is 796. The second kappa shape index (κ2) is 7.84. The number of methoxy groups -OCH3 is 1. The molecule has 124 valence electrons. The van der Waals surface area contributed by atoms with Crippen molar-refractivity contribution in [1.82, 2.24) is 5.32 Å². The van der Waals surface area contributed by atoms with Crippen LogP contribution in [0.3, 0.4) is 0 Å². The molecule has 2 N–H and O–H groups in total. The lowest BCUT2D eigenvalue weighted by molar-refractivity contribution is -0.385. The highest BCUT2D eigenvalue weighted by molar-refractivity contribution is 9.10. The zero-order chi connectivity index (χ0) is 17.7. The van der Waals surface area contributed by atoms with Crippen LogP contribution in [0.15, 0.2) is 46.9 Å². The summed E-state index contributed by atoms with van der Waals surface area (Å²) in [7, 11) is 1.35. The minimum Gasteiger partial charge on any atom is -0.490 e. The molecule has 9 heteroatoms. The molecule has 0 aliphatic carbocycles. The van der Waals surface area contributed by atoms with Gasteiger partial charge in [0.25, 0.3) is 5.91 Å². The van der Waals surface area contributed by atoms with E-state index in [1.807, 2.05) is 0 Å². The Morgan fingerprint density at radius 1 is 1.25 bits per heavy atom. The topological polar surface area (TPSA) is 93.5 Å². The number of nitrogens with one attached hydrogen (secondary N) is 2. The van der Waals surface area contributed by atoms with Crippen LogP contribution in [0.1, 0.15) is 10.4 Å². The van der Waals surface area contributed by atoms with Crippen LogP contribution in [-0.4, -0.2) is 23.1 Å². The molecule has 7 nitrogen and oxygen atoms in total. The lowest BCUT2D eigenvalue weighted by Gasteiger charge is -2.10. The Hall–Kier alpha value is -2.52.